The van der Waals surface area contributed by atoms with E-state index < -0.39 is 0 Å². The zero-order valence-corrected chi connectivity index (χ0v) is 62.0. The summed E-state index contributed by atoms with van der Waals surface area (Å²) in [5.41, 5.74) is 21.6. The minimum Gasteiger partial charge on any atom is -0.493 e. The fourth-order valence-corrected chi connectivity index (χ4v) is 12.7. The normalized spacial score (nSPS) is 11.8. The van der Waals surface area contributed by atoms with Crippen LogP contribution in [0.25, 0.3) is 16.9 Å². The summed E-state index contributed by atoms with van der Waals surface area (Å²) in [5.74, 6) is 13.5. The van der Waals surface area contributed by atoms with Gasteiger partial charge >= 0.3 is 16.5 Å². The molecule has 0 radical (unpaired) electrons. The number of nitrogens with zero attached hydrogens (tertiary/aromatic N) is 2. The molecule has 0 aliphatic carbocycles. The average molecular weight is 1280 g/mol. The average Bonchev–Trinajstić information content (AvgIpc) is 1.62. The fraction of sp³-hybridized carbons (Fsp3) is 0.747. The van der Waals surface area contributed by atoms with E-state index in [9.17, 15) is 5.53 Å². The van der Waals surface area contributed by atoms with E-state index in [1.807, 2.05) is 0 Å². The third-order valence-electron chi connectivity index (χ3n) is 18.5. The Kier molecular flexibility index (Phi) is 66.8. The summed E-state index contributed by atoms with van der Waals surface area (Å²) >= 11 is 0. The van der Waals surface area contributed by atoms with E-state index in [2.05, 4.69) is 128 Å². The number of allylic oxidation sites excluding steroid dienone is 2. The van der Waals surface area contributed by atoms with Crippen LogP contribution in [-0.4, -0.2) is 4.70 Å². The molecule has 0 saturated heterocycles. The van der Waals surface area contributed by atoms with E-state index in [0.29, 0.717) is 0 Å². The zero-order valence-electron chi connectivity index (χ0n) is 61.0. The molecule has 516 valence electrons. The number of rotatable bonds is 57. The van der Waals surface area contributed by atoms with Crippen LogP contribution >= 0.6 is 0 Å². The molecule has 1 aliphatic rings. The minimum absolute atomic E-state index is 0. The number of aryl methyl sites for hydroxylation is 2. The summed E-state index contributed by atoms with van der Waals surface area (Å²) in [4.78, 5) is 0. The fourth-order valence-electron chi connectivity index (χ4n) is 12.7. The second kappa shape index (κ2) is 69.0. The van der Waals surface area contributed by atoms with E-state index in [1.165, 1.54) is 318 Å². The molecule has 0 N–H and O–H groups in total. The Morgan fingerprint density at radius 2 is 0.511 bits per heavy atom. The third-order valence-corrected chi connectivity index (χ3v) is 18.5. The van der Waals surface area contributed by atoms with Crippen molar-refractivity contribution in [1.82, 2.24) is 0 Å². The maximum atomic E-state index is 12.2. The van der Waals surface area contributed by atoms with Gasteiger partial charge in [0.15, 0.2) is 0 Å². The van der Waals surface area contributed by atoms with E-state index in [4.69, 9.17) is 0 Å². The molecule has 1 heterocycles. The molecule has 0 bridgehead atoms. The monoisotopic (exact) mass is 1280 g/mol. The van der Waals surface area contributed by atoms with Crippen LogP contribution in [0.1, 0.15) is 430 Å². The predicted molar refractivity (Wildman–Crippen MR) is 401 cm³/mol. The molecule has 0 saturated carbocycles. The molecule has 0 amide bonds. The van der Waals surface area contributed by atoms with Crippen molar-refractivity contribution >= 4 is 11.4 Å². The smallest absolute Gasteiger partial charge is 0.493 e. The van der Waals surface area contributed by atoms with Gasteiger partial charge in [0.05, 0.1) is 0 Å². The van der Waals surface area contributed by atoms with Crippen molar-refractivity contribution in [1.29, 1.82) is 0 Å². The van der Waals surface area contributed by atoms with Gasteiger partial charge < -0.3 is 19.4 Å². The van der Waals surface area contributed by atoms with Gasteiger partial charge in [0.2, 0.25) is 11.4 Å². The Labute approximate surface area is 574 Å². The van der Waals surface area contributed by atoms with Gasteiger partial charge in [0.1, 0.15) is 0 Å². The number of hydrogen-bond acceptors (Lipinski definition) is 0. The second-order valence-corrected chi connectivity index (χ2v) is 26.9. The summed E-state index contributed by atoms with van der Waals surface area (Å²) < 4.78 is 1.56. The van der Waals surface area contributed by atoms with Crippen LogP contribution in [0, 0.1) is 37.5 Å². The van der Waals surface area contributed by atoms with E-state index in [-0.39, 0.29) is 16.5 Å². The van der Waals surface area contributed by atoms with Gasteiger partial charge in [-0.25, -0.2) is 4.70 Å². The summed E-state index contributed by atoms with van der Waals surface area (Å²) in [5, 5.41) is 0. The van der Waals surface area contributed by atoms with Gasteiger partial charge in [0, 0.05) is 48.0 Å². The Morgan fingerprint density at radius 1 is 0.278 bits per heavy atom. The molecule has 3 heteroatoms. The van der Waals surface area contributed by atoms with E-state index in [0.717, 1.165) is 106 Å². The van der Waals surface area contributed by atoms with Gasteiger partial charge in [-0.15, -0.1) is 23.7 Å². The third kappa shape index (κ3) is 47.9. The van der Waals surface area contributed by atoms with Crippen molar-refractivity contribution in [3.63, 3.8) is 0 Å². The molecular weight excluding hydrogens is 1130 g/mol. The number of hydrogen-bond donors (Lipinski definition) is 0. The largest absolute Gasteiger partial charge is 2.00 e. The van der Waals surface area contributed by atoms with Crippen molar-refractivity contribution < 1.29 is 21.2 Å². The first kappa shape index (κ1) is 87.1. The molecule has 3 rings (SSSR count). The van der Waals surface area contributed by atoms with Crippen molar-refractivity contribution in [3.8, 4) is 23.7 Å². The Balaban J connectivity index is 0.00000144. The minimum atomic E-state index is 0. The summed E-state index contributed by atoms with van der Waals surface area (Å²) in [6, 6.07) is 17.3. The van der Waals surface area contributed by atoms with Crippen LogP contribution in [0.3, 0.4) is 0 Å². The van der Waals surface area contributed by atoms with E-state index >= 15 is 0 Å². The maximum absolute atomic E-state index is 12.2. The molecule has 1 aliphatic heterocycles. The molecule has 90 heavy (non-hydrogen) atoms. The molecule has 2 nitrogen and oxygen atoms in total. The SMILES string of the molecule is CCCCC#CCCc1ccccc1C1=C(CCCC)C(CCCCC)=C(c2ccccc2CCC#CCCCC)[N+]1=[N-].[CH2-]CCCCCCCCCCCCCCCCCCCCCC.[CH2-]CCCCCCCCCCCCCCCCCCCCCC.[Ni+2]. The first-order valence-corrected chi connectivity index (χ1v) is 39.6. The van der Waals surface area contributed by atoms with Crippen LogP contribution in [-0.2, 0) is 29.3 Å². The molecule has 2 aromatic carbocycles. The number of unbranched alkanes of at least 4 members (excludes halogenated alkanes) is 47. The molecule has 0 atom stereocenters. The van der Waals surface area contributed by atoms with Gasteiger partial charge in [0.25, 0.3) is 0 Å². The van der Waals surface area contributed by atoms with Gasteiger partial charge in [-0.2, -0.15) is 12.8 Å². The molecule has 0 aromatic heterocycles. The molecular formula is C87H148N2Ni. The molecule has 0 spiro atoms. The quantitative estimate of drug-likeness (QED) is 0.0207. The standard InChI is InChI=1S/C41H54N2.2C23H47.Ni/c1-5-9-13-15-17-20-26-34-28-22-24-31-36(34)40-38(30-12-8-4)39(33-19-11-7-3)41(43(40)42)37-32-25-23-29-35(37)27-21-18-16-14-10-6-2;2*1-3-5-7-9-11-13-15-17-19-21-23-22-20-18-16-14-12-10-8-6-4-2;/h22-25,28-29,31-32H,5-14,19-21,26-27,30,33H2,1-4H3;2*1,3-23H2,2H3;/q;2*-1;+2. The maximum Gasteiger partial charge on any atom is 2.00 e. The molecule has 2 aromatic rings. The Morgan fingerprint density at radius 3 is 0.789 bits per heavy atom. The van der Waals surface area contributed by atoms with Crippen LogP contribution in [0.2, 0.25) is 0 Å². The predicted octanol–water partition coefficient (Wildman–Crippen LogP) is 29.9. The molecule has 0 fully saturated rings. The van der Waals surface area contributed by atoms with Gasteiger partial charge in [-0.05, 0) is 74.6 Å². The van der Waals surface area contributed by atoms with Crippen LogP contribution in [0.15, 0.2) is 59.7 Å². The van der Waals surface area contributed by atoms with Gasteiger partial charge in [-0.3, -0.25) is 0 Å². The Hall–Kier alpha value is -2.87. The zero-order chi connectivity index (χ0) is 64.4. The molecule has 0 unspecified atom stereocenters. The van der Waals surface area contributed by atoms with Crippen molar-refractivity contribution in [2.45, 2.75) is 420 Å². The van der Waals surface area contributed by atoms with Gasteiger partial charge in [-0.1, -0.05) is 367 Å². The first-order chi connectivity index (χ1) is 44.0. The Bertz CT molecular complexity index is 2000. The van der Waals surface area contributed by atoms with Crippen LogP contribution in [0.5, 0.6) is 0 Å². The second-order valence-electron chi connectivity index (χ2n) is 26.9. The van der Waals surface area contributed by atoms with Crippen LogP contribution in [0.4, 0.5) is 0 Å². The van der Waals surface area contributed by atoms with E-state index in [1.54, 1.807) is 4.70 Å². The van der Waals surface area contributed by atoms with Crippen molar-refractivity contribution in [2.24, 2.45) is 0 Å². The van der Waals surface area contributed by atoms with Crippen LogP contribution < -0.4 is 0 Å². The van der Waals surface area contributed by atoms with Crippen molar-refractivity contribution in [3.05, 3.63) is 101 Å². The summed E-state index contributed by atoms with van der Waals surface area (Å²) in [7, 11) is 0. The number of benzene rings is 2. The van der Waals surface area contributed by atoms with Crippen molar-refractivity contribution in [2.75, 3.05) is 0 Å². The summed E-state index contributed by atoms with van der Waals surface area (Å²) in [6.07, 6.45) is 78.4. The first-order valence-electron chi connectivity index (χ1n) is 39.6. The topological polar surface area (TPSA) is 25.3 Å². The summed E-state index contributed by atoms with van der Waals surface area (Å²) in [6.45, 7) is 21.3.